The Morgan fingerprint density at radius 3 is 2.38 bits per heavy atom. The second kappa shape index (κ2) is 5.69. The molecule has 86 valence electrons. The Morgan fingerprint density at radius 1 is 1.00 bits per heavy atom. The summed E-state index contributed by atoms with van der Waals surface area (Å²) >= 11 is 0. The van der Waals surface area contributed by atoms with E-state index in [1.807, 2.05) is 13.8 Å². The highest BCUT2D eigenvalue weighted by Gasteiger charge is 2.06. The van der Waals surface area contributed by atoms with Crippen LogP contribution < -0.4 is 0 Å². The van der Waals surface area contributed by atoms with E-state index in [-0.39, 0.29) is 0 Å². The van der Waals surface area contributed by atoms with Gasteiger partial charge in [0.2, 0.25) is 0 Å². The molecule has 1 aliphatic carbocycles. The van der Waals surface area contributed by atoms with Gasteiger partial charge >= 0.3 is 0 Å². The summed E-state index contributed by atoms with van der Waals surface area (Å²) in [6.45, 7) is 10.5. The molecular weight excluding hydrogens is 192 g/mol. The zero-order valence-corrected chi connectivity index (χ0v) is 11.1. The van der Waals surface area contributed by atoms with Crippen LogP contribution in [0.3, 0.4) is 0 Å². The first-order valence-corrected chi connectivity index (χ1v) is 6.12. The van der Waals surface area contributed by atoms with Crippen molar-refractivity contribution in [3.8, 4) is 0 Å². The molecule has 0 saturated heterocycles. The van der Waals surface area contributed by atoms with E-state index in [9.17, 15) is 0 Å². The fraction of sp³-hybridized carbons (Fsp3) is 0.375. The highest BCUT2D eigenvalue weighted by molar-refractivity contribution is 5.70. The van der Waals surface area contributed by atoms with Crippen LogP contribution in [0.2, 0.25) is 0 Å². The van der Waals surface area contributed by atoms with Crippen molar-refractivity contribution in [2.24, 2.45) is 0 Å². The van der Waals surface area contributed by atoms with Crippen molar-refractivity contribution in [2.75, 3.05) is 0 Å². The van der Waals surface area contributed by atoms with Gasteiger partial charge in [-0.2, -0.15) is 0 Å². The molecule has 0 heterocycles. The number of hydrogen-bond acceptors (Lipinski definition) is 0. The van der Waals surface area contributed by atoms with Crippen LogP contribution in [0.25, 0.3) is 5.57 Å². The first-order valence-electron chi connectivity index (χ1n) is 6.12. The lowest BCUT2D eigenvalue weighted by Crippen LogP contribution is -1.89. The molecule has 0 fully saturated rings. The van der Waals surface area contributed by atoms with Gasteiger partial charge in [-0.05, 0) is 43.9 Å². The normalized spacial score (nSPS) is 13.8. The van der Waals surface area contributed by atoms with E-state index in [2.05, 4.69) is 51.1 Å². The smallest absolute Gasteiger partial charge is 0.00856 e. The van der Waals surface area contributed by atoms with E-state index < -0.39 is 0 Å². The molecule has 0 saturated carbocycles. The van der Waals surface area contributed by atoms with Crippen LogP contribution in [0.5, 0.6) is 0 Å². The summed E-state index contributed by atoms with van der Waals surface area (Å²) in [5.74, 6) is 0. The van der Waals surface area contributed by atoms with Gasteiger partial charge in [0, 0.05) is 0 Å². The lowest BCUT2D eigenvalue weighted by Gasteiger charge is -2.07. The molecule has 0 heteroatoms. The van der Waals surface area contributed by atoms with Crippen molar-refractivity contribution in [1.82, 2.24) is 0 Å². The highest BCUT2D eigenvalue weighted by Crippen LogP contribution is 2.25. The summed E-state index contributed by atoms with van der Waals surface area (Å²) in [4.78, 5) is 0. The molecule has 0 N–H and O–H groups in total. The number of benzene rings is 1. The molecule has 0 nitrogen and oxygen atoms in total. The molecular formula is C16H22. The molecule has 1 aromatic carbocycles. The topological polar surface area (TPSA) is 0 Å². The van der Waals surface area contributed by atoms with Crippen molar-refractivity contribution in [2.45, 2.75) is 41.0 Å². The van der Waals surface area contributed by atoms with Gasteiger partial charge in [0.1, 0.15) is 0 Å². The molecule has 1 aromatic rings. The van der Waals surface area contributed by atoms with Gasteiger partial charge in [-0.3, -0.25) is 0 Å². The van der Waals surface area contributed by atoms with E-state index >= 15 is 0 Å². The van der Waals surface area contributed by atoms with Crippen molar-refractivity contribution < 1.29 is 0 Å². The van der Waals surface area contributed by atoms with Crippen molar-refractivity contribution in [3.05, 3.63) is 52.6 Å². The number of aryl methyl sites for hydroxylation is 1. The third kappa shape index (κ3) is 2.85. The van der Waals surface area contributed by atoms with E-state index in [4.69, 9.17) is 0 Å². The molecule has 0 aliphatic heterocycles. The quantitative estimate of drug-likeness (QED) is 0.574. The fourth-order valence-corrected chi connectivity index (χ4v) is 2.03. The summed E-state index contributed by atoms with van der Waals surface area (Å²) < 4.78 is 0. The largest absolute Gasteiger partial charge is 0.0772 e. The fourth-order valence-electron chi connectivity index (χ4n) is 2.03. The average molecular weight is 214 g/mol. The van der Waals surface area contributed by atoms with Crippen LogP contribution >= 0.6 is 0 Å². The number of rotatable bonds is 0. The zero-order valence-electron chi connectivity index (χ0n) is 11.1. The van der Waals surface area contributed by atoms with Gasteiger partial charge in [0.25, 0.3) is 0 Å². The summed E-state index contributed by atoms with van der Waals surface area (Å²) in [5, 5.41) is 0. The van der Waals surface area contributed by atoms with Gasteiger partial charge < -0.3 is 0 Å². The number of fused-ring (bicyclic) bond motifs is 1. The monoisotopic (exact) mass is 214 g/mol. The molecule has 0 atom stereocenters. The molecule has 0 radical (unpaired) electrons. The average Bonchev–Trinajstić information content (AvgIpc) is 2.41. The van der Waals surface area contributed by atoms with Crippen molar-refractivity contribution in [3.63, 3.8) is 0 Å². The Hall–Kier alpha value is -1.30. The third-order valence-electron chi connectivity index (χ3n) is 2.77. The molecule has 0 spiro atoms. The van der Waals surface area contributed by atoms with Gasteiger partial charge in [0.15, 0.2) is 0 Å². The first kappa shape index (κ1) is 12.8. The molecule has 0 bridgehead atoms. The molecule has 2 rings (SSSR count). The summed E-state index contributed by atoms with van der Waals surface area (Å²) in [6, 6.07) is 6.72. The van der Waals surface area contributed by atoms with Crippen molar-refractivity contribution >= 4 is 5.57 Å². The van der Waals surface area contributed by atoms with Crippen LogP contribution in [-0.2, 0) is 6.42 Å². The van der Waals surface area contributed by atoms with E-state index in [0.717, 1.165) is 6.42 Å². The Balaban J connectivity index is 0.000000606. The zero-order chi connectivity index (χ0) is 12.1. The standard InChI is InChI=1S/C14H16.C2H6/c1-10-4-6-13-9-11(2)5-7-14(13)12(3)8-10;1-2/h4-5,7-9H,6H2,1-3H3;1-2H3. The number of allylic oxidation sites excluding steroid dienone is 4. The second-order valence-corrected chi connectivity index (χ2v) is 4.14. The minimum Gasteiger partial charge on any atom is -0.0772 e. The predicted molar refractivity (Wildman–Crippen MR) is 73.6 cm³/mol. The first-order chi connectivity index (χ1) is 7.66. The van der Waals surface area contributed by atoms with E-state index in [1.165, 1.54) is 27.8 Å². The molecule has 0 amide bonds. The maximum Gasteiger partial charge on any atom is -0.00856 e. The molecule has 0 unspecified atom stereocenters. The van der Waals surface area contributed by atoms with Gasteiger partial charge in [0.05, 0.1) is 0 Å². The van der Waals surface area contributed by atoms with Gasteiger partial charge in [-0.15, -0.1) is 0 Å². The van der Waals surface area contributed by atoms with E-state index in [0.29, 0.717) is 0 Å². The Morgan fingerprint density at radius 2 is 1.69 bits per heavy atom. The van der Waals surface area contributed by atoms with Gasteiger partial charge in [-0.25, -0.2) is 0 Å². The maximum absolute atomic E-state index is 2.30. The Kier molecular flexibility index (Phi) is 4.54. The molecule has 1 aliphatic rings. The molecule has 16 heavy (non-hydrogen) atoms. The molecule has 0 aromatic heterocycles. The van der Waals surface area contributed by atoms with Gasteiger partial charge in [-0.1, -0.05) is 55.3 Å². The summed E-state index contributed by atoms with van der Waals surface area (Å²) in [5.41, 5.74) is 6.96. The second-order valence-electron chi connectivity index (χ2n) is 4.14. The Labute approximate surface area is 99.7 Å². The van der Waals surface area contributed by atoms with Crippen LogP contribution in [0.1, 0.15) is 44.4 Å². The Bertz CT molecular complexity index is 420. The third-order valence-corrected chi connectivity index (χ3v) is 2.77. The van der Waals surface area contributed by atoms with Crippen LogP contribution in [0.15, 0.2) is 35.9 Å². The van der Waals surface area contributed by atoms with Crippen LogP contribution in [0, 0.1) is 6.92 Å². The lowest BCUT2D eigenvalue weighted by atomic mass is 9.98. The minimum atomic E-state index is 1.07. The summed E-state index contributed by atoms with van der Waals surface area (Å²) in [7, 11) is 0. The highest BCUT2D eigenvalue weighted by atomic mass is 14.1. The predicted octanol–water partition coefficient (Wildman–Crippen LogP) is 4.93. The van der Waals surface area contributed by atoms with Crippen LogP contribution in [-0.4, -0.2) is 0 Å². The maximum atomic E-state index is 2.30. The lowest BCUT2D eigenvalue weighted by molar-refractivity contribution is 1.22. The minimum absolute atomic E-state index is 1.07. The summed E-state index contributed by atoms with van der Waals surface area (Å²) in [6.07, 6.45) is 5.63. The SMILES string of the molecule is CC.CC1=CCc2cc(C)ccc2C(C)=C1. The van der Waals surface area contributed by atoms with Crippen LogP contribution in [0.4, 0.5) is 0 Å². The number of hydrogen-bond donors (Lipinski definition) is 0. The van der Waals surface area contributed by atoms with E-state index in [1.54, 1.807) is 0 Å². The van der Waals surface area contributed by atoms with Crippen molar-refractivity contribution in [1.29, 1.82) is 0 Å².